The Morgan fingerprint density at radius 3 is 3.00 bits per heavy atom. The molecule has 1 aromatic rings. The van der Waals surface area contributed by atoms with Crippen LogP contribution in [0.5, 0.6) is 0 Å². The molecule has 0 bridgehead atoms. The molecular formula is C10H16IN3S2. The Bertz CT molecular complexity index is 306. The van der Waals surface area contributed by atoms with E-state index >= 15 is 0 Å². The lowest BCUT2D eigenvalue weighted by Crippen LogP contribution is -3.00. The van der Waals surface area contributed by atoms with Gasteiger partial charge in [0.2, 0.25) is 0 Å². The molecule has 0 radical (unpaired) electrons. The van der Waals surface area contributed by atoms with Gasteiger partial charge in [-0.15, -0.1) is 0 Å². The van der Waals surface area contributed by atoms with Crippen molar-refractivity contribution in [1.82, 2.24) is 4.98 Å². The fourth-order valence-electron chi connectivity index (χ4n) is 0.992. The van der Waals surface area contributed by atoms with Gasteiger partial charge < -0.3 is 24.0 Å². The van der Waals surface area contributed by atoms with E-state index in [2.05, 4.69) is 16.0 Å². The van der Waals surface area contributed by atoms with E-state index in [-0.39, 0.29) is 24.0 Å². The third-order valence-corrected chi connectivity index (χ3v) is 3.37. The highest BCUT2D eigenvalue weighted by Gasteiger charge is 1.95. The number of rotatable bonds is 5. The maximum absolute atomic E-state index is 5.62. The molecule has 3 nitrogen and oxygen atoms in total. The molecule has 0 aromatic carbocycles. The molecule has 16 heavy (non-hydrogen) atoms. The summed E-state index contributed by atoms with van der Waals surface area (Å²) in [6.45, 7) is 0.914. The van der Waals surface area contributed by atoms with Gasteiger partial charge in [0.05, 0.1) is 6.54 Å². The Kier molecular flexibility index (Phi) is 10.3. The molecule has 0 saturated heterocycles. The van der Waals surface area contributed by atoms with Gasteiger partial charge in [0.1, 0.15) is 0 Å². The van der Waals surface area contributed by atoms with E-state index in [1.54, 1.807) is 18.0 Å². The predicted molar refractivity (Wildman–Crippen MR) is 68.9 cm³/mol. The first-order valence-corrected chi connectivity index (χ1v) is 7.08. The second-order valence-electron chi connectivity index (χ2n) is 2.91. The van der Waals surface area contributed by atoms with Crippen molar-refractivity contribution in [2.75, 3.05) is 18.6 Å². The minimum Gasteiger partial charge on any atom is -1.00 e. The van der Waals surface area contributed by atoms with Crippen LogP contribution in [0, 0.1) is 0 Å². The third-order valence-electron chi connectivity index (χ3n) is 1.76. The summed E-state index contributed by atoms with van der Waals surface area (Å²) in [7, 11) is 0. The Morgan fingerprint density at radius 1 is 1.56 bits per heavy atom. The first-order chi connectivity index (χ1) is 7.33. The van der Waals surface area contributed by atoms with Crippen LogP contribution in [-0.4, -0.2) is 28.7 Å². The number of hydrogen-bond acceptors (Lipinski definition) is 3. The van der Waals surface area contributed by atoms with E-state index in [0.717, 1.165) is 23.2 Å². The van der Waals surface area contributed by atoms with Crippen molar-refractivity contribution >= 4 is 28.7 Å². The van der Waals surface area contributed by atoms with Crippen LogP contribution >= 0.6 is 23.5 Å². The molecule has 3 N–H and O–H groups in total. The average Bonchev–Trinajstić information content (AvgIpc) is 2.29. The van der Waals surface area contributed by atoms with Gasteiger partial charge in [-0.25, -0.2) is 0 Å². The monoisotopic (exact) mass is 369 g/mol. The molecule has 1 heterocycles. The molecule has 0 saturated carbocycles. The number of halogens is 1. The maximum atomic E-state index is 5.62. The van der Waals surface area contributed by atoms with E-state index < -0.39 is 0 Å². The quantitative estimate of drug-likeness (QED) is 0.253. The zero-order chi connectivity index (χ0) is 10.9. The molecule has 90 valence electrons. The number of amidine groups is 1. The molecule has 0 atom stereocenters. The summed E-state index contributed by atoms with van der Waals surface area (Å²) in [5.41, 5.74) is 6.88. The predicted octanol–water partition coefficient (Wildman–Crippen LogP) is -2.92. The topological polar surface area (TPSA) is 52.9 Å². The number of nitrogens with zero attached hydrogens (tertiary/aromatic N) is 1. The molecule has 0 aliphatic heterocycles. The average molecular weight is 369 g/mol. The molecule has 6 heteroatoms. The van der Waals surface area contributed by atoms with E-state index in [1.807, 2.05) is 30.3 Å². The highest BCUT2D eigenvalue weighted by atomic mass is 127. The molecule has 0 spiro atoms. The van der Waals surface area contributed by atoms with Crippen LogP contribution in [0.4, 0.5) is 0 Å². The fourth-order valence-corrected chi connectivity index (χ4v) is 2.04. The summed E-state index contributed by atoms with van der Waals surface area (Å²) in [6, 6.07) is 4.06. The Balaban J connectivity index is 0.00000225. The minimum absolute atomic E-state index is 0. The molecule has 0 unspecified atom stereocenters. The Labute approximate surface area is 122 Å². The van der Waals surface area contributed by atoms with Crippen molar-refractivity contribution in [3.05, 3.63) is 30.1 Å². The van der Waals surface area contributed by atoms with Gasteiger partial charge in [-0.3, -0.25) is 15.7 Å². The smallest absolute Gasteiger partial charge is 0.301 e. The van der Waals surface area contributed by atoms with Crippen molar-refractivity contribution in [1.29, 1.82) is 0 Å². The number of pyridine rings is 1. The van der Waals surface area contributed by atoms with Crippen molar-refractivity contribution in [3.8, 4) is 0 Å². The van der Waals surface area contributed by atoms with E-state index in [4.69, 9.17) is 5.73 Å². The summed E-state index contributed by atoms with van der Waals surface area (Å²) in [5.74, 6) is 2.06. The molecule has 0 amide bonds. The van der Waals surface area contributed by atoms with Gasteiger partial charge in [0, 0.05) is 23.9 Å². The second kappa shape index (κ2) is 10.2. The first kappa shape index (κ1) is 16.1. The normalized spacial score (nSPS) is 10.9. The summed E-state index contributed by atoms with van der Waals surface area (Å²) in [5, 5.41) is 0.789. The molecule has 0 fully saturated rings. The fraction of sp³-hybridized carbons (Fsp3) is 0.400. The van der Waals surface area contributed by atoms with Crippen LogP contribution in [0.2, 0.25) is 0 Å². The van der Waals surface area contributed by atoms with Gasteiger partial charge in [-0.1, -0.05) is 6.07 Å². The van der Waals surface area contributed by atoms with Gasteiger partial charge in [0.15, 0.2) is 0 Å². The Morgan fingerprint density at radius 2 is 2.38 bits per heavy atom. The molecular weight excluding hydrogens is 353 g/mol. The second-order valence-corrected chi connectivity index (χ2v) is 4.86. The number of hydrogen-bond donors (Lipinski definition) is 2. The molecule has 0 aliphatic carbocycles. The SMILES string of the molecule is CSC(N)=[NH+]CCSCc1cccnc1.[I-]. The van der Waals surface area contributed by atoms with Crippen LogP contribution in [0.15, 0.2) is 24.5 Å². The number of nitrogens with two attached hydrogens (primary N) is 1. The van der Waals surface area contributed by atoms with Crippen LogP contribution < -0.4 is 34.7 Å². The molecule has 1 aromatic heterocycles. The lowest BCUT2D eigenvalue weighted by Gasteiger charge is -1.98. The lowest BCUT2D eigenvalue weighted by molar-refractivity contribution is -0.448. The van der Waals surface area contributed by atoms with Crippen molar-refractivity contribution in [2.45, 2.75) is 5.75 Å². The zero-order valence-electron chi connectivity index (χ0n) is 9.15. The first-order valence-electron chi connectivity index (χ1n) is 4.70. The summed E-state index contributed by atoms with van der Waals surface area (Å²) in [6.07, 6.45) is 5.66. The van der Waals surface area contributed by atoms with Crippen LogP contribution in [-0.2, 0) is 5.75 Å². The Hall–Kier alpha value is 0.0500. The zero-order valence-corrected chi connectivity index (χ0v) is 12.9. The number of nitrogens with one attached hydrogen (secondary N) is 1. The highest BCUT2D eigenvalue weighted by Crippen LogP contribution is 2.08. The van der Waals surface area contributed by atoms with E-state index in [0.29, 0.717) is 0 Å². The third kappa shape index (κ3) is 7.34. The summed E-state index contributed by atoms with van der Waals surface area (Å²) < 4.78 is 0. The number of thioether (sulfide) groups is 2. The molecule has 1 rings (SSSR count). The maximum Gasteiger partial charge on any atom is 0.301 e. The summed E-state index contributed by atoms with van der Waals surface area (Å²) in [4.78, 5) is 7.21. The van der Waals surface area contributed by atoms with Crippen molar-refractivity contribution in [2.24, 2.45) is 5.73 Å². The standard InChI is InChI=1S/C10H15N3S2.HI/c1-14-10(11)13-5-6-15-8-9-3-2-4-12-7-9;/h2-4,7H,5-6,8H2,1H3,(H2,11,13);1H. The minimum atomic E-state index is 0. The van der Waals surface area contributed by atoms with Crippen molar-refractivity contribution < 1.29 is 29.0 Å². The lowest BCUT2D eigenvalue weighted by atomic mass is 10.3. The summed E-state index contributed by atoms with van der Waals surface area (Å²) >= 11 is 3.42. The van der Waals surface area contributed by atoms with Gasteiger partial charge in [-0.2, -0.15) is 11.8 Å². The van der Waals surface area contributed by atoms with Crippen LogP contribution in [0.25, 0.3) is 0 Å². The van der Waals surface area contributed by atoms with Crippen molar-refractivity contribution in [3.63, 3.8) is 0 Å². The van der Waals surface area contributed by atoms with Gasteiger partial charge in [0.25, 0.3) is 0 Å². The van der Waals surface area contributed by atoms with Gasteiger partial charge in [-0.05, 0) is 29.6 Å². The van der Waals surface area contributed by atoms with E-state index in [1.165, 1.54) is 5.56 Å². The van der Waals surface area contributed by atoms with E-state index in [9.17, 15) is 0 Å². The van der Waals surface area contributed by atoms with Gasteiger partial charge >= 0.3 is 5.17 Å². The van der Waals surface area contributed by atoms with Crippen LogP contribution in [0.1, 0.15) is 5.56 Å². The molecule has 0 aliphatic rings. The highest BCUT2D eigenvalue weighted by molar-refractivity contribution is 8.12. The van der Waals surface area contributed by atoms with Crippen LogP contribution in [0.3, 0.4) is 0 Å². The number of aromatic nitrogens is 1. The largest absolute Gasteiger partial charge is 1.00 e.